The Hall–Kier alpha value is -0.890. The van der Waals surface area contributed by atoms with Gasteiger partial charge in [-0.1, -0.05) is 20.8 Å². The van der Waals surface area contributed by atoms with Gasteiger partial charge in [-0.15, -0.1) is 11.3 Å². The molecule has 2 heteroatoms. The maximum absolute atomic E-state index is 4.36. The number of fused-ring (bicyclic) bond motifs is 1. The van der Waals surface area contributed by atoms with E-state index in [2.05, 4.69) is 43.3 Å². The van der Waals surface area contributed by atoms with E-state index in [1.54, 1.807) is 11.3 Å². The summed E-state index contributed by atoms with van der Waals surface area (Å²) >= 11 is 1.79. The molecule has 0 saturated heterocycles. The summed E-state index contributed by atoms with van der Waals surface area (Å²) in [6.07, 6.45) is 3.08. The van der Waals surface area contributed by atoms with Crippen molar-refractivity contribution in [3.8, 4) is 0 Å². The van der Waals surface area contributed by atoms with Crippen LogP contribution in [-0.4, -0.2) is 4.98 Å². The van der Waals surface area contributed by atoms with Crippen LogP contribution in [0.3, 0.4) is 0 Å². The molecule has 0 aliphatic carbocycles. The standard InChI is InChI=1S/C12H15NS/c1-4-12(2,3)9-5-7-13-10-6-8-14-11(9)10/h5-8H,4H2,1-3H3. The molecule has 2 heterocycles. The van der Waals surface area contributed by atoms with Crippen LogP contribution >= 0.6 is 11.3 Å². The fraction of sp³-hybridized carbons (Fsp3) is 0.417. The quantitative estimate of drug-likeness (QED) is 0.722. The zero-order valence-electron chi connectivity index (χ0n) is 8.87. The molecule has 2 aromatic rings. The van der Waals surface area contributed by atoms with Crippen LogP contribution in [0.2, 0.25) is 0 Å². The van der Waals surface area contributed by atoms with Gasteiger partial charge in [-0.3, -0.25) is 4.98 Å². The molecule has 0 aromatic carbocycles. The highest BCUT2D eigenvalue weighted by Gasteiger charge is 2.21. The summed E-state index contributed by atoms with van der Waals surface area (Å²) in [7, 11) is 0. The van der Waals surface area contributed by atoms with E-state index in [1.807, 2.05) is 6.20 Å². The summed E-state index contributed by atoms with van der Waals surface area (Å²) in [5, 5.41) is 2.12. The van der Waals surface area contributed by atoms with Crippen LogP contribution in [0.1, 0.15) is 32.8 Å². The van der Waals surface area contributed by atoms with E-state index in [-0.39, 0.29) is 5.41 Å². The minimum absolute atomic E-state index is 0.256. The fourth-order valence-corrected chi connectivity index (χ4v) is 2.64. The number of hydrogen-bond acceptors (Lipinski definition) is 2. The van der Waals surface area contributed by atoms with Crippen LogP contribution in [0.5, 0.6) is 0 Å². The minimum Gasteiger partial charge on any atom is -0.255 e. The van der Waals surface area contributed by atoms with E-state index >= 15 is 0 Å². The van der Waals surface area contributed by atoms with Crippen molar-refractivity contribution in [1.29, 1.82) is 0 Å². The van der Waals surface area contributed by atoms with Crippen LogP contribution in [0.15, 0.2) is 23.7 Å². The second kappa shape index (κ2) is 3.35. The van der Waals surface area contributed by atoms with Gasteiger partial charge in [0.2, 0.25) is 0 Å². The van der Waals surface area contributed by atoms with Gasteiger partial charge in [-0.05, 0) is 34.9 Å². The second-order valence-electron chi connectivity index (χ2n) is 4.23. The number of nitrogens with zero attached hydrogens (tertiary/aromatic N) is 1. The Morgan fingerprint density at radius 2 is 2.14 bits per heavy atom. The van der Waals surface area contributed by atoms with Crippen LogP contribution in [0.25, 0.3) is 10.2 Å². The summed E-state index contributed by atoms with van der Waals surface area (Å²) in [6.45, 7) is 6.82. The van der Waals surface area contributed by atoms with Gasteiger partial charge < -0.3 is 0 Å². The molecular weight excluding hydrogens is 190 g/mol. The monoisotopic (exact) mass is 205 g/mol. The normalized spacial score (nSPS) is 12.2. The summed E-state index contributed by atoms with van der Waals surface area (Å²) < 4.78 is 1.35. The van der Waals surface area contributed by atoms with Crippen molar-refractivity contribution < 1.29 is 0 Å². The number of pyridine rings is 1. The van der Waals surface area contributed by atoms with E-state index in [0.29, 0.717) is 0 Å². The molecule has 2 rings (SSSR count). The van der Waals surface area contributed by atoms with Gasteiger partial charge in [-0.25, -0.2) is 0 Å². The lowest BCUT2D eigenvalue weighted by Crippen LogP contribution is -2.15. The van der Waals surface area contributed by atoms with Gasteiger partial charge in [0.15, 0.2) is 0 Å². The maximum Gasteiger partial charge on any atom is 0.0812 e. The van der Waals surface area contributed by atoms with Gasteiger partial charge >= 0.3 is 0 Å². The first-order chi connectivity index (χ1) is 6.65. The molecule has 2 aromatic heterocycles. The molecule has 1 nitrogen and oxygen atoms in total. The zero-order chi connectivity index (χ0) is 10.2. The number of hydrogen-bond donors (Lipinski definition) is 0. The SMILES string of the molecule is CCC(C)(C)c1ccnc2ccsc12. The van der Waals surface area contributed by atoms with Crippen LogP contribution in [-0.2, 0) is 5.41 Å². The third-order valence-electron chi connectivity index (χ3n) is 2.96. The molecule has 0 saturated carbocycles. The van der Waals surface area contributed by atoms with Crippen molar-refractivity contribution in [1.82, 2.24) is 4.98 Å². The molecule has 74 valence electrons. The first-order valence-electron chi connectivity index (χ1n) is 4.98. The highest BCUT2D eigenvalue weighted by molar-refractivity contribution is 7.17. The highest BCUT2D eigenvalue weighted by Crippen LogP contribution is 2.34. The van der Waals surface area contributed by atoms with Gasteiger partial charge in [0.1, 0.15) is 0 Å². The molecule has 0 unspecified atom stereocenters. The fourth-order valence-electron chi connectivity index (χ4n) is 1.60. The van der Waals surface area contributed by atoms with E-state index in [9.17, 15) is 0 Å². The van der Waals surface area contributed by atoms with Gasteiger partial charge in [0, 0.05) is 6.20 Å². The van der Waals surface area contributed by atoms with Crippen molar-refractivity contribution >= 4 is 21.6 Å². The average molecular weight is 205 g/mol. The van der Waals surface area contributed by atoms with Crippen molar-refractivity contribution in [2.45, 2.75) is 32.6 Å². The molecule has 0 aliphatic heterocycles. The Balaban J connectivity index is 2.67. The van der Waals surface area contributed by atoms with Gasteiger partial charge in [-0.2, -0.15) is 0 Å². The van der Waals surface area contributed by atoms with Crippen LogP contribution in [0.4, 0.5) is 0 Å². The molecule has 14 heavy (non-hydrogen) atoms. The zero-order valence-corrected chi connectivity index (χ0v) is 9.69. The molecule has 0 atom stereocenters. The van der Waals surface area contributed by atoms with Gasteiger partial charge in [0.05, 0.1) is 10.2 Å². The van der Waals surface area contributed by atoms with Crippen molar-refractivity contribution in [3.05, 3.63) is 29.3 Å². The summed E-state index contributed by atoms with van der Waals surface area (Å²) in [6, 6.07) is 4.25. The number of rotatable bonds is 2. The van der Waals surface area contributed by atoms with Crippen LogP contribution in [0, 0.1) is 0 Å². The lowest BCUT2D eigenvalue weighted by molar-refractivity contribution is 0.511. The van der Waals surface area contributed by atoms with Crippen molar-refractivity contribution in [2.24, 2.45) is 0 Å². The molecule has 0 aliphatic rings. The maximum atomic E-state index is 4.36. The van der Waals surface area contributed by atoms with E-state index in [4.69, 9.17) is 0 Å². The molecule has 0 N–H and O–H groups in total. The minimum atomic E-state index is 0.256. The molecule has 0 spiro atoms. The number of aromatic nitrogens is 1. The van der Waals surface area contributed by atoms with Crippen molar-refractivity contribution in [3.63, 3.8) is 0 Å². The lowest BCUT2D eigenvalue weighted by atomic mass is 9.82. The topological polar surface area (TPSA) is 12.9 Å². The molecular formula is C12H15NS. The summed E-state index contributed by atoms with van der Waals surface area (Å²) in [5.41, 5.74) is 2.82. The molecule has 0 fully saturated rings. The van der Waals surface area contributed by atoms with Gasteiger partial charge in [0.25, 0.3) is 0 Å². The first-order valence-corrected chi connectivity index (χ1v) is 5.86. The molecule has 0 bridgehead atoms. The second-order valence-corrected chi connectivity index (χ2v) is 5.15. The van der Waals surface area contributed by atoms with E-state index < -0.39 is 0 Å². The van der Waals surface area contributed by atoms with E-state index in [0.717, 1.165) is 11.9 Å². The van der Waals surface area contributed by atoms with Crippen molar-refractivity contribution in [2.75, 3.05) is 0 Å². The number of thiophene rings is 1. The van der Waals surface area contributed by atoms with E-state index in [1.165, 1.54) is 10.3 Å². The Kier molecular flexibility index (Phi) is 2.31. The largest absolute Gasteiger partial charge is 0.255 e. The Morgan fingerprint density at radius 1 is 1.36 bits per heavy atom. The lowest BCUT2D eigenvalue weighted by Gasteiger charge is -2.23. The predicted octanol–water partition coefficient (Wildman–Crippen LogP) is 3.98. The Bertz CT molecular complexity index is 442. The molecule has 0 amide bonds. The average Bonchev–Trinajstić information content (AvgIpc) is 2.64. The molecule has 0 radical (unpaired) electrons. The summed E-state index contributed by atoms with van der Waals surface area (Å²) in [4.78, 5) is 4.36. The smallest absolute Gasteiger partial charge is 0.0812 e. The highest BCUT2D eigenvalue weighted by atomic mass is 32.1. The third-order valence-corrected chi connectivity index (χ3v) is 3.89. The Morgan fingerprint density at radius 3 is 2.86 bits per heavy atom. The first kappa shape index (κ1) is 9.66. The third kappa shape index (κ3) is 1.44. The Labute approximate surface area is 88.8 Å². The van der Waals surface area contributed by atoms with Crippen LogP contribution < -0.4 is 0 Å². The summed E-state index contributed by atoms with van der Waals surface area (Å²) in [5.74, 6) is 0. The predicted molar refractivity (Wildman–Crippen MR) is 62.9 cm³/mol.